The zero-order valence-electron chi connectivity index (χ0n) is 16.8. The summed E-state index contributed by atoms with van der Waals surface area (Å²) in [7, 11) is 2.07. The maximum absolute atomic E-state index is 12.7. The number of benzene rings is 2. The van der Waals surface area contributed by atoms with Gasteiger partial charge in [-0.15, -0.1) is 0 Å². The minimum absolute atomic E-state index is 0.0510. The Bertz CT molecular complexity index is 923. The normalized spacial score (nSPS) is 12.5. The lowest BCUT2D eigenvalue weighted by Crippen LogP contribution is -2.27. The van der Waals surface area contributed by atoms with Gasteiger partial charge in [0.25, 0.3) is 0 Å². The molecular weight excluding hydrogens is 332 g/mol. The first-order valence-electron chi connectivity index (χ1n) is 9.83. The quantitative estimate of drug-likeness (QED) is 0.618. The van der Waals surface area contributed by atoms with Gasteiger partial charge in [-0.2, -0.15) is 0 Å². The Hall–Kier alpha value is -2.55. The summed E-state index contributed by atoms with van der Waals surface area (Å²) in [5, 5.41) is 4.33. The summed E-state index contributed by atoms with van der Waals surface area (Å²) in [5.41, 5.74) is 4.84. The fourth-order valence-electron chi connectivity index (χ4n) is 3.70. The van der Waals surface area contributed by atoms with E-state index >= 15 is 0 Å². The van der Waals surface area contributed by atoms with Crippen molar-refractivity contribution in [3.63, 3.8) is 0 Å². The SMILES string of the molecule is Cc1cccc(C(CC(=O)NCCC(C)C)c2cn(C)c3ccccc23)c1. The number of rotatable bonds is 7. The first-order valence-corrected chi connectivity index (χ1v) is 9.83. The maximum Gasteiger partial charge on any atom is 0.220 e. The van der Waals surface area contributed by atoms with Crippen molar-refractivity contribution in [1.82, 2.24) is 9.88 Å². The molecule has 3 heteroatoms. The number of hydrogen-bond acceptors (Lipinski definition) is 1. The molecule has 3 rings (SSSR count). The minimum atomic E-state index is 0.0510. The summed E-state index contributed by atoms with van der Waals surface area (Å²) in [4.78, 5) is 12.7. The van der Waals surface area contributed by atoms with E-state index in [1.807, 2.05) is 0 Å². The fraction of sp³-hybridized carbons (Fsp3) is 0.375. The Morgan fingerprint density at radius 1 is 1.11 bits per heavy atom. The van der Waals surface area contributed by atoms with Crippen LogP contribution in [0.2, 0.25) is 0 Å². The molecule has 3 nitrogen and oxygen atoms in total. The van der Waals surface area contributed by atoms with Crippen molar-refractivity contribution in [3.8, 4) is 0 Å². The monoisotopic (exact) mass is 362 g/mol. The third-order valence-electron chi connectivity index (χ3n) is 5.18. The molecular formula is C24H30N2O. The standard InChI is InChI=1S/C24H30N2O/c1-17(2)12-13-25-24(27)15-21(19-9-7-8-18(3)14-19)22-16-26(4)23-11-6-5-10-20(22)23/h5-11,14,16-17,21H,12-13,15H2,1-4H3,(H,25,27). The predicted octanol–water partition coefficient (Wildman–Crippen LogP) is 5.17. The van der Waals surface area contributed by atoms with Crippen molar-refractivity contribution < 1.29 is 4.79 Å². The van der Waals surface area contributed by atoms with Gasteiger partial charge in [-0.1, -0.05) is 61.9 Å². The maximum atomic E-state index is 12.7. The summed E-state index contributed by atoms with van der Waals surface area (Å²) < 4.78 is 2.16. The summed E-state index contributed by atoms with van der Waals surface area (Å²) in [5.74, 6) is 0.765. The van der Waals surface area contributed by atoms with Gasteiger partial charge in [0.2, 0.25) is 5.91 Å². The highest BCUT2D eigenvalue weighted by Crippen LogP contribution is 2.34. The van der Waals surface area contributed by atoms with Gasteiger partial charge in [-0.25, -0.2) is 0 Å². The van der Waals surface area contributed by atoms with E-state index in [4.69, 9.17) is 0 Å². The van der Waals surface area contributed by atoms with E-state index in [9.17, 15) is 4.79 Å². The highest BCUT2D eigenvalue weighted by molar-refractivity contribution is 5.86. The van der Waals surface area contributed by atoms with Gasteiger partial charge in [0.05, 0.1) is 0 Å². The molecule has 1 atom stereocenters. The molecule has 0 aliphatic rings. The first-order chi connectivity index (χ1) is 13.0. The Balaban J connectivity index is 1.94. The van der Waals surface area contributed by atoms with Gasteiger partial charge >= 0.3 is 0 Å². The van der Waals surface area contributed by atoms with Crippen molar-refractivity contribution in [2.24, 2.45) is 13.0 Å². The molecule has 0 fully saturated rings. The van der Waals surface area contributed by atoms with Gasteiger partial charge in [0.15, 0.2) is 0 Å². The average Bonchev–Trinajstić information content (AvgIpc) is 2.96. The highest BCUT2D eigenvalue weighted by Gasteiger charge is 2.22. The van der Waals surface area contributed by atoms with Crippen molar-refractivity contribution in [3.05, 3.63) is 71.4 Å². The Kier molecular flexibility index (Phi) is 6.00. The van der Waals surface area contributed by atoms with Crippen LogP contribution in [0.25, 0.3) is 10.9 Å². The molecule has 2 aromatic carbocycles. The van der Waals surface area contributed by atoms with Crippen molar-refractivity contribution in [2.75, 3.05) is 6.54 Å². The fourth-order valence-corrected chi connectivity index (χ4v) is 3.70. The number of nitrogens with one attached hydrogen (secondary N) is 1. The topological polar surface area (TPSA) is 34.0 Å². The van der Waals surface area contributed by atoms with Gasteiger partial charge in [-0.05, 0) is 36.5 Å². The second-order valence-corrected chi connectivity index (χ2v) is 7.92. The predicted molar refractivity (Wildman–Crippen MR) is 113 cm³/mol. The van der Waals surface area contributed by atoms with Crippen LogP contribution >= 0.6 is 0 Å². The molecule has 0 spiro atoms. The molecule has 3 aromatic rings. The lowest BCUT2D eigenvalue weighted by atomic mass is 9.87. The number of fused-ring (bicyclic) bond motifs is 1. The summed E-state index contributed by atoms with van der Waals surface area (Å²) >= 11 is 0. The van der Waals surface area contributed by atoms with Crippen molar-refractivity contribution in [2.45, 2.75) is 39.5 Å². The van der Waals surface area contributed by atoms with Gasteiger partial charge < -0.3 is 9.88 Å². The van der Waals surface area contributed by atoms with Crippen LogP contribution in [0.15, 0.2) is 54.7 Å². The number of amides is 1. The number of carbonyl (C=O) groups excluding carboxylic acids is 1. The molecule has 27 heavy (non-hydrogen) atoms. The molecule has 0 radical (unpaired) electrons. The van der Waals surface area contributed by atoms with Crippen LogP contribution < -0.4 is 5.32 Å². The third-order valence-corrected chi connectivity index (χ3v) is 5.18. The number of aryl methyl sites for hydroxylation is 2. The smallest absolute Gasteiger partial charge is 0.220 e. The molecule has 1 amide bonds. The van der Waals surface area contributed by atoms with Crippen LogP contribution in [0.3, 0.4) is 0 Å². The molecule has 142 valence electrons. The minimum Gasteiger partial charge on any atom is -0.356 e. The molecule has 1 heterocycles. The number of para-hydroxylation sites is 1. The second-order valence-electron chi connectivity index (χ2n) is 7.92. The molecule has 0 bridgehead atoms. The largest absolute Gasteiger partial charge is 0.356 e. The van der Waals surface area contributed by atoms with Crippen LogP contribution in [0.5, 0.6) is 0 Å². The number of carbonyl (C=O) groups is 1. The number of hydrogen-bond donors (Lipinski definition) is 1. The van der Waals surface area contributed by atoms with Crippen LogP contribution in [0.1, 0.15) is 49.3 Å². The van der Waals surface area contributed by atoms with Gasteiger partial charge in [0, 0.05) is 43.0 Å². The zero-order chi connectivity index (χ0) is 19.4. The van der Waals surface area contributed by atoms with Crippen LogP contribution in [-0.4, -0.2) is 17.0 Å². The molecule has 0 aliphatic carbocycles. The Morgan fingerprint density at radius 3 is 2.63 bits per heavy atom. The van der Waals surface area contributed by atoms with Crippen LogP contribution in [0, 0.1) is 12.8 Å². The van der Waals surface area contributed by atoms with Gasteiger partial charge in [-0.3, -0.25) is 4.79 Å². The summed E-state index contributed by atoms with van der Waals surface area (Å²) in [6, 6.07) is 17.0. The van der Waals surface area contributed by atoms with E-state index in [0.29, 0.717) is 12.3 Å². The number of aromatic nitrogens is 1. The van der Waals surface area contributed by atoms with Crippen LogP contribution in [0.4, 0.5) is 0 Å². The summed E-state index contributed by atoms with van der Waals surface area (Å²) in [6.07, 6.45) is 3.66. The molecule has 0 aliphatic heterocycles. The lowest BCUT2D eigenvalue weighted by Gasteiger charge is -2.18. The molecule has 0 saturated carbocycles. The molecule has 1 unspecified atom stereocenters. The molecule has 1 aromatic heterocycles. The van der Waals surface area contributed by atoms with E-state index in [2.05, 4.69) is 92.4 Å². The lowest BCUT2D eigenvalue weighted by molar-refractivity contribution is -0.121. The zero-order valence-corrected chi connectivity index (χ0v) is 16.8. The van der Waals surface area contributed by atoms with Crippen molar-refractivity contribution >= 4 is 16.8 Å². The van der Waals surface area contributed by atoms with E-state index in [1.165, 1.54) is 27.6 Å². The van der Waals surface area contributed by atoms with E-state index in [-0.39, 0.29) is 11.8 Å². The Morgan fingerprint density at radius 2 is 1.89 bits per heavy atom. The average molecular weight is 363 g/mol. The van der Waals surface area contributed by atoms with E-state index in [0.717, 1.165) is 13.0 Å². The second kappa shape index (κ2) is 8.43. The first kappa shape index (κ1) is 19.2. The van der Waals surface area contributed by atoms with E-state index < -0.39 is 0 Å². The highest BCUT2D eigenvalue weighted by atomic mass is 16.1. The molecule has 1 N–H and O–H groups in total. The van der Waals surface area contributed by atoms with Gasteiger partial charge in [0.1, 0.15) is 0 Å². The third kappa shape index (κ3) is 4.60. The van der Waals surface area contributed by atoms with Crippen LogP contribution in [-0.2, 0) is 11.8 Å². The summed E-state index contributed by atoms with van der Waals surface area (Å²) in [6.45, 7) is 7.20. The molecule has 0 saturated heterocycles. The number of nitrogens with zero attached hydrogens (tertiary/aromatic N) is 1. The Labute approximate surface area is 162 Å². The van der Waals surface area contributed by atoms with E-state index in [1.54, 1.807) is 0 Å². The van der Waals surface area contributed by atoms with Crippen molar-refractivity contribution in [1.29, 1.82) is 0 Å².